The van der Waals surface area contributed by atoms with Crippen molar-refractivity contribution in [3.63, 3.8) is 0 Å². The molecule has 4 rings (SSSR count). The van der Waals surface area contributed by atoms with Gasteiger partial charge in [-0.3, -0.25) is 4.79 Å². The Morgan fingerprint density at radius 2 is 2.00 bits per heavy atom. The van der Waals surface area contributed by atoms with Crippen molar-refractivity contribution in [1.29, 1.82) is 0 Å². The number of hydrogen-bond acceptors (Lipinski definition) is 8. The quantitative estimate of drug-likeness (QED) is 0.485. The second-order valence-electron chi connectivity index (χ2n) is 6.48. The number of benzene rings is 2. The Labute approximate surface area is 188 Å². The first kappa shape index (κ1) is 21.1. The van der Waals surface area contributed by atoms with Gasteiger partial charge in [0.1, 0.15) is 16.6 Å². The fourth-order valence-corrected chi connectivity index (χ4v) is 3.69. The molecule has 1 amide bonds. The molecule has 0 bridgehead atoms. The van der Waals surface area contributed by atoms with Crippen LogP contribution in [0.4, 0.5) is 11.5 Å². The molecule has 0 saturated heterocycles. The summed E-state index contributed by atoms with van der Waals surface area (Å²) in [6, 6.07) is 14.5. The summed E-state index contributed by atoms with van der Waals surface area (Å²) in [5.41, 5.74) is 1.64. The first-order chi connectivity index (χ1) is 15.1. The van der Waals surface area contributed by atoms with Crippen LogP contribution in [0.1, 0.15) is 5.56 Å². The van der Waals surface area contributed by atoms with Gasteiger partial charge in [0.05, 0.1) is 17.9 Å². The van der Waals surface area contributed by atoms with E-state index in [9.17, 15) is 4.79 Å². The minimum atomic E-state index is -0.168. The van der Waals surface area contributed by atoms with E-state index in [1.807, 2.05) is 30.3 Å². The lowest BCUT2D eigenvalue weighted by molar-refractivity contribution is -0.113. The van der Waals surface area contributed by atoms with E-state index < -0.39 is 0 Å². The van der Waals surface area contributed by atoms with Gasteiger partial charge in [0.2, 0.25) is 12.7 Å². The number of hydrogen-bond donors (Lipinski definition) is 2. The zero-order valence-electron chi connectivity index (χ0n) is 16.6. The van der Waals surface area contributed by atoms with Crippen LogP contribution in [0, 0.1) is 0 Å². The predicted molar refractivity (Wildman–Crippen MR) is 119 cm³/mol. The molecule has 0 spiro atoms. The van der Waals surface area contributed by atoms with E-state index in [-0.39, 0.29) is 18.5 Å². The third kappa shape index (κ3) is 5.50. The van der Waals surface area contributed by atoms with Crippen molar-refractivity contribution in [1.82, 2.24) is 10.2 Å². The van der Waals surface area contributed by atoms with Crippen LogP contribution in [-0.2, 0) is 11.3 Å². The van der Waals surface area contributed by atoms with Crippen LogP contribution < -0.4 is 24.8 Å². The molecule has 2 heterocycles. The fraction of sp³-hybridized carbons (Fsp3) is 0.190. The third-order valence-electron chi connectivity index (χ3n) is 4.34. The normalized spacial score (nSPS) is 11.8. The van der Waals surface area contributed by atoms with Crippen LogP contribution in [0.5, 0.6) is 17.2 Å². The number of nitrogens with zero attached hydrogens (tertiary/aromatic N) is 2. The largest absolute Gasteiger partial charge is 0.495 e. The van der Waals surface area contributed by atoms with Crippen molar-refractivity contribution in [2.75, 3.05) is 30.3 Å². The van der Waals surface area contributed by atoms with Crippen molar-refractivity contribution in [2.24, 2.45) is 0 Å². The molecule has 1 aromatic heterocycles. The number of amides is 1. The van der Waals surface area contributed by atoms with Crippen LogP contribution in [0.25, 0.3) is 0 Å². The predicted octanol–water partition coefficient (Wildman–Crippen LogP) is 4.21. The first-order valence-electron chi connectivity index (χ1n) is 9.33. The number of anilines is 2. The first-order valence-corrected chi connectivity index (χ1v) is 10.7. The number of ether oxygens (including phenoxy) is 3. The molecule has 0 fully saturated rings. The van der Waals surface area contributed by atoms with Gasteiger partial charge >= 0.3 is 0 Å². The fourth-order valence-electron chi connectivity index (χ4n) is 2.82. The van der Waals surface area contributed by atoms with E-state index in [2.05, 4.69) is 20.8 Å². The van der Waals surface area contributed by atoms with Gasteiger partial charge in [-0.15, -0.1) is 10.2 Å². The van der Waals surface area contributed by atoms with Crippen molar-refractivity contribution in [3.8, 4) is 17.2 Å². The van der Waals surface area contributed by atoms with Crippen LogP contribution in [0.2, 0.25) is 5.02 Å². The van der Waals surface area contributed by atoms with Gasteiger partial charge in [0.25, 0.3) is 0 Å². The van der Waals surface area contributed by atoms with E-state index in [0.717, 1.165) is 17.1 Å². The molecular weight excluding hydrogens is 440 g/mol. The highest BCUT2D eigenvalue weighted by Crippen LogP contribution is 2.32. The molecule has 160 valence electrons. The van der Waals surface area contributed by atoms with E-state index in [1.54, 1.807) is 18.2 Å². The molecule has 2 N–H and O–H groups in total. The molecule has 0 aliphatic carbocycles. The minimum Gasteiger partial charge on any atom is -0.495 e. The summed E-state index contributed by atoms with van der Waals surface area (Å²) < 4.78 is 15.8. The Balaban J connectivity index is 1.24. The van der Waals surface area contributed by atoms with Crippen molar-refractivity contribution in [2.45, 2.75) is 11.6 Å². The van der Waals surface area contributed by atoms with E-state index >= 15 is 0 Å². The molecule has 3 aromatic rings. The van der Waals surface area contributed by atoms with Gasteiger partial charge in [-0.2, -0.15) is 0 Å². The highest BCUT2D eigenvalue weighted by atomic mass is 35.5. The van der Waals surface area contributed by atoms with Gasteiger partial charge in [0.15, 0.2) is 11.5 Å². The molecule has 10 heteroatoms. The summed E-state index contributed by atoms with van der Waals surface area (Å²) in [6.07, 6.45) is 0. The summed E-state index contributed by atoms with van der Waals surface area (Å²) in [5, 5.41) is 15.4. The summed E-state index contributed by atoms with van der Waals surface area (Å²) in [4.78, 5) is 12.2. The lowest BCUT2D eigenvalue weighted by Gasteiger charge is -2.08. The number of rotatable bonds is 8. The topological polar surface area (TPSA) is 94.6 Å². The number of methoxy groups -OCH3 is 1. The van der Waals surface area contributed by atoms with Gasteiger partial charge in [-0.25, -0.2) is 0 Å². The second-order valence-corrected chi connectivity index (χ2v) is 7.89. The van der Waals surface area contributed by atoms with Crippen LogP contribution >= 0.6 is 23.4 Å². The maximum absolute atomic E-state index is 12.2. The van der Waals surface area contributed by atoms with E-state index in [1.165, 1.54) is 18.9 Å². The number of thioether (sulfide) groups is 1. The van der Waals surface area contributed by atoms with Crippen molar-refractivity contribution < 1.29 is 19.0 Å². The van der Waals surface area contributed by atoms with E-state index in [4.69, 9.17) is 25.8 Å². The Hall–Kier alpha value is -3.17. The number of carbonyl (C=O) groups excluding carboxylic acids is 1. The molecule has 2 aromatic carbocycles. The minimum absolute atomic E-state index is 0.168. The standard InChI is InChI=1S/C21H19ClN4O4S/c1-28-16-5-3-14(9-15(16)22)24-20(27)11-31-21-7-6-19(25-26-21)23-10-13-2-4-17-18(8-13)30-12-29-17/h2-9H,10-12H2,1H3,(H,23,25)(H,24,27). The molecule has 0 radical (unpaired) electrons. The van der Waals surface area contributed by atoms with Crippen LogP contribution in [-0.4, -0.2) is 35.8 Å². The van der Waals surface area contributed by atoms with Crippen LogP contribution in [0.15, 0.2) is 53.6 Å². The average Bonchev–Trinajstić information content (AvgIpc) is 3.25. The Bertz CT molecular complexity index is 1080. The van der Waals surface area contributed by atoms with Gasteiger partial charge in [-0.05, 0) is 48.0 Å². The zero-order chi connectivity index (χ0) is 21.6. The smallest absolute Gasteiger partial charge is 0.234 e. The SMILES string of the molecule is COc1ccc(NC(=O)CSc2ccc(NCc3ccc4c(c3)OCO4)nn2)cc1Cl. The summed E-state index contributed by atoms with van der Waals surface area (Å²) in [5.74, 6) is 2.72. The molecule has 1 aliphatic rings. The summed E-state index contributed by atoms with van der Waals surface area (Å²) >= 11 is 7.37. The lowest BCUT2D eigenvalue weighted by Crippen LogP contribution is -2.14. The van der Waals surface area contributed by atoms with Crippen molar-refractivity contribution >= 4 is 40.8 Å². The number of halogens is 1. The number of carbonyl (C=O) groups is 1. The molecule has 0 unspecified atom stereocenters. The van der Waals surface area contributed by atoms with Gasteiger partial charge in [-0.1, -0.05) is 29.4 Å². The number of fused-ring (bicyclic) bond motifs is 1. The average molecular weight is 459 g/mol. The summed E-state index contributed by atoms with van der Waals surface area (Å²) in [7, 11) is 1.54. The molecular formula is C21H19ClN4O4S. The zero-order valence-corrected chi connectivity index (χ0v) is 18.1. The van der Waals surface area contributed by atoms with Gasteiger partial charge in [0, 0.05) is 12.2 Å². The highest BCUT2D eigenvalue weighted by molar-refractivity contribution is 7.99. The molecule has 0 saturated carbocycles. The van der Waals surface area contributed by atoms with Crippen molar-refractivity contribution in [3.05, 3.63) is 59.1 Å². The molecule has 0 atom stereocenters. The molecule has 8 nitrogen and oxygen atoms in total. The van der Waals surface area contributed by atoms with Gasteiger partial charge < -0.3 is 24.8 Å². The second kappa shape index (κ2) is 9.76. The molecule has 1 aliphatic heterocycles. The maximum Gasteiger partial charge on any atom is 0.234 e. The Morgan fingerprint density at radius 3 is 2.77 bits per heavy atom. The third-order valence-corrected chi connectivity index (χ3v) is 5.55. The van der Waals surface area contributed by atoms with Crippen LogP contribution in [0.3, 0.4) is 0 Å². The summed E-state index contributed by atoms with van der Waals surface area (Å²) in [6.45, 7) is 0.827. The monoisotopic (exact) mass is 458 g/mol. The number of aromatic nitrogens is 2. The Morgan fingerprint density at radius 1 is 1.13 bits per heavy atom. The van der Waals surface area contributed by atoms with E-state index in [0.29, 0.717) is 33.8 Å². The number of nitrogens with one attached hydrogen (secondary N) is 2. The highest BCUT2D eigenvalue weighted by Gasteiger charge is 2.13. The molecule has 31 heavy (non-hydrogen) atoms. The lowest BCUT2D eigenvalue weighted by atomic mass is 10.2. The maximum atomic E-state index is 12.2. The Kier molecular flexibility index (Phi) is 6.63.